The van der Waals surface area contributed by atoms with E-state index in [9.17, 15) is 4.79 Å². The molecule has 7 nitrogen and oxygen atoms in total. The molecule has 2 saturated heterocycles. The molecule has 31 heavy (non-hydrogen) atoms. The van der Waals surface area contributed by atoms with E-state index >= 15 is 0 Å². The second-order valence-electron chi connectivity index (χ2n) is 8.98. The van der Waals surface area contributed by atoms with Gasteiger partial charge in [0, 0.05) is 52.4 Å². The Morgan fingerprint density at radius 3 is 2.48 bits per heavy atom. The van der Waals surface area contributed by atoms with Crippen LogP contribution in [-0.4, -0.2) is 85.5 Å². The van der Waals surface area contributed by atoms with Gasteiger partial charge in [0.05, 0.1) is 6.26 Å². The topological polar surface area (TPSA) is 64.3 Å². The first-order valence-corrected chi connectivity index (χ1v) is 11.8. The number of nitrogens with one attached hydrogen (secondary N) is 1. The molecular weight excluding hydrogens is 505 g/mol. The molecule has 4 rings (SSSR count). The van der Waals surface area contributed by atoms with Crippen molar-refractivity contribution in [3.63, 3.8) is 0 Å². The highest BCUT2D eigenvalue weighted by Crippen LogP contribution is 2.27. The summed E-state index contributed by atoms with van der Waals surface area (Å²) in [6.45, 7) is 6.46. The number of hydrogen-bond acceptors (Lipinski definition) is 4. The van der Waals surface area contributed by atoms with Gasteiger partial charge in [-0.25, -0.2) is 0 Å². The van der Waals surface area contributed by atoms with Crippen LogP contribution in [0, 0.1) is 5.92 Å². The van der Waals surface area contributed by atoms with E-state index in [1.54, 1.807) is 18.4 Å². The van der Waals surface area contributed by atoms with Crippen molar-refractivity contribution in [1.29, 1.82) is 0 Å². The van der Waals surface area contributed by atoms with Crippen molar-refractivity contribution in [2.45, 2.75) is 51.0 Å². The third kappa shape index (κ3) is 6.37. The zero-order chi connectivity index (χ0) is 20.8. The van der Waals surface area contributed by atoms with Crippen LogP contribution in [0.2, 0.25) is 0 Å². The van der Waals surface area contributed by atoms with Crippen molar-refractivity contribution in [1.82, 2.24) is 20.0 Å². The summed E-state index contributed by atoms with van der Waals surface area (Å²) in [4.78, 5) is 23.8. The average molecular weight is 543 g/mol. The van der Waals surface area contributed by atoms with Crippen LogP contribution in [0.5, 0.6) is 0 Å². The molecule has 1 aliphatic carbocycles. The lowest BCUT2D eigenvalue weighted by molar-refractivity contribution is 0.0657. The Bertz CT molecular complexity index is 697. The summed E-state index contributed by atoms with van der Waals surface area (Å²) in [7, 11) is 1.86. The normalized spacial score (nSPS) is 23.6. The minimum atomic E-state index is -0.0214. The van der Waals surface area contributed by atoms with Crippen molar-refractivity contribution in [2.75, 3.05) is 52.9 Å². The highest BCUT2D eigenvalue weighted by atomic mass is 127. The summed E-state index contributed by atoms with van der Waals surface area (Å²) < 4.78 is 5.26. The number of halogens is 1. The Kier molecular flexibility index (Phi) is 9.49. The van der Waals surface area contributed by atoms with Gasteiger partial charge in [-0.2, -0.15) is 0 Å². The summed E-state index contributed by atoms with van der Waals surface area (Å²) in [5.41, 5.74) is 0. The van der Waals surface area contributed by atoms with Gasteiger partial charge in [0.25, 0.3) is 5.91 Å². The van der Waals surface area contributed by atoms with Crippen LogP contribution in [0.3, 0.4) is 0 Å². The molecule has 3 aliphatic rings. The molecule has 1 N–H and O–H groups in total. The summed E-state index contributed by atoms with van der Waals surface area (Å²) in [5.74, 6) is 2.26. The molecule has 3 fully saturated rings. The van der Waals surface area contributed by atoms with Crippen LogP contribution < -0.4 is 5.32 Å². The van der Waals surface area contributed by atoms with Crippen LogP contribution in [0.4, 0.5) is 0 Å². The van der Waals surface area contributed by atoms with Crippen molar-refractivity contribution in [3.05, 3.63) is 24.2 Å². The third-order valence-corrected chi connectivity index (χ3v) is 7.02. The molecule has 1 aromatic rings. The standard InChI is InChI=1S/C23H37N5O2.HI/c1-24-23(27-14-12-26(13-15-27)22(29)21-10-6-16-30-21)25-17-20-9-5-11-28(20)18-19-7-3-2-4-8-19;/h6,10,16,19-20H,2-5,7-9,11-15,17-18H2,1H3,(H,24,25);1H. The molecule has 1 saturated carbocycles. The van der Waals surface area contributed by atoms with Crippen LogP contribution in [0.15, 0.2) is 27.8 Å². The number of aliphatic imine (C=N–C) groups is 1. The molecule has 8 heteroatoms. The van der Waals surface area contributed by atoms with E-state index in [2.05, 4.69) is 20.1 Å². The monoisotopic (exact) mass is 543 g/mol. The molecule has 0 spiro atoms. The fourth-order valence-corrected chi connectivity index (χ4v) is 5.29. The molecule has 3 heterocycles. The molecule has 174 valence electrons. The lowest BCUT2D eigenvalue weighted by Crippen LogP contribution is -2.55. The van der Waals surface area contributed by atoms with Gasteiger partial charge in [-0.1, -0.05) is 19.3 Å². The molecule has 0 aromatic carbocycles. The van der Waals surface area contributed by atoms with Gasteiger partial charge in [-0.05, 0) is 50.3 Å². The summed E-state index contributed by atoms with van der Waals surface area (Å²) >= 11 is 0. The number of guanidine groups is 1. The van der Waals surface area contributed by atoms with Gasteiger partial charge < -0.3 is 19.5 Å². The van der Waals surface area contributed by atoms with E-state index in [4.69, 9.17) is 4.42 Å². The maximum absolute atomic E-state index is 12.5. The molecule has 2 aliphatic heterocycles. The SMILES string of the molecule is CN=C(NCC1CCCN1CC1CCCCC1)N1CCN(C(=O)c2ccco2)CC1.I. The first-order valence-electron chi connectivity index (χ1n) is 11.8. The van der Waals surface area contributed by atoms with Crippen LogP contribution in [0.1, 0.15) is 55.5 Å². The first-order chi connectivity index (χ1) is 14.7. The van der Waals surface area contributed by atoms with E-state index in [1.165, 1.54) is 58.0 Å². The number of piperazine rings is 1. The number of nitrogens with zero attached hydrogens (tertiary/aromatic N) is 4. The van der Waals surface area contributed by atoms with Gasteiger partial charge >= 0.3 is 0 Å². The summed E-state index contributed by atoms with van der Waals surface area (Å²) in [6, 6.07) is 4.11. The predicted molar refractivity (Wildman–Crippen MR) is 134 cm³/mol. The molecule has 1 amide bonds. The quantitative estimate of drug-likeness (QED) is 0.351. The second kappa shape index (κ2) is 12.1. The Morgan fingerprint density at radius 2 is 1.81 bits per heavy atom. The number of carbonyl (C=O) groups excluding carboxylic acids is 1. The van der Waals surface area contributed by atoms with E-state index < -0.39 is 0 Å². The first kappa shape index (κ1) is 24.4. The van der Waals surface area contributed by atoms with E-state index in [0.717, 1.165) is 31.5 Å². The van der Waals surface area contributed by atoms with Crippen molar-refractivity contribution < 1.29 is 9.21 Å². The van der Waals surface area contributed by atoms with E-state index in [1.807, 2.05) is 11.9 Å². The van der Waals surface area contributed by atoms with Crippen LogP contribution in [-0.2, 0) is 0 Å². The second-order valence-corrected chi connectivity index (χ2v) is 8.98. The highest BCUT2D eigenvalue weighted by molar-refractivity contribution is 14.0. The zero-order valence-electron chi connectivity index (χ0n) is 18.8. The molecule has 0 bridgehead atoms. The number of rotatable bonds is 5. The van der Waals surface area contributed by atoms with Crippen LogP contribution >= 0.6 is 24.0 Å². The third-order valence-electron chi connectivity index (χ3n) is 7.02. The van der Waals surface area contributed by atoms with Gasteiger partial charge in [-0.3, -0.25) is 14.7 Å². The van der Waals surface area contributed by atoms with E-state index in [-0.39, 0.29) is 29.9 Å². The summed E-state index contributed by atoms with van der Waals surface area (Å²) in [5, 5.41) is 3.63. The van der Waals surface area contributed by atoms with E-state index in [0.29, 0.717) is 24.9 Å². The molecule has 0 radical (unpaired) electrons. The molecular formula is C23H38IN5O2. The Balaban J connectivity index is 0.00000272. The minimum Gasteiger partial charge on any atom is -0.459 e. The Morgan fingerprint density at radius 1 is 1.06 bits per heavy atom. The lowest BCUT2D eigenvalue weighted by Gasteiger charge is -2.37. The minimum absolute atomic E-state index is 0. The lowest BCUT2D eigenvalue weighted by atomic mass is 9.89. The van der Waals surface area contributed by atoms with Crippen molar-refractivity contribution in [3.8, 4) is 0 Å². The Hall–Kier alpha value is -1.29. The maximum Gasteiger partial charge on any atom is 0.289 e. The smallest absolute Gasteiger partial charge is 0.289 e. The van der Waals surface area contributed by atoms with Gasteiger partial charge in [-0.15, -0.1) is 24.0 Å². The average Bonchev–Trinajstić information content (AvgIpc) is 3.47. The highest BCUT2D eigenvalue weighted by Gasteiger charge is 2.29. The summed E-state index contributed by atoms with van der Waals surface area (Å²) in [6.07, 6.45) is 11.2. The fraction of sp³-hybridized carbons (Fsp3) is 0.739. The number of carbonyl (C=O) groups is 1. The number of furan rings is 1. The Labute approximate surface area is 203 Å². The largest absolute Gasteiger partial charge is 0.459 e. The van der Waals surface area contributed by atoms with Gasteiger partial charge in [0.15, 0.2) is 11.7 Å². The zero-order valence-corrected chi connectivity index (χ0v) is 21.1. The maximum atomic E-state index is 12.5. The predicted octanol–water partition coefficient (Wildman–Crippen LogP) is 3.28. The van der Waals surface area contributed by atoms with Gasteiger partial charge in [0.1, 0.15) is 0 Å². The van der Waals surface area contributed by atoms with Gasteiger partial charge in [0.2, 0.25) is 0 Å². The number of hydrogen-bond donors (Lipinski definition) is 1. The van der Waals surface area contributed by atoms with Crippen molar-refractivity contribution >= 4 is 35.8 Å². The number of likely N-dealkylation sites (tertiary alicyclic amines) is 1. The molecule has 1 atom stereocenters. The van der Waals surface area contributed by atoms with Crippen LogP contribution in [0.25, 0.3) is 0 Å². The number of amides is 1. The van der Waals surface area contributed by atoms with Crippen molar-refractivity contribution in [2.24, 2.45) is 10.9 Å². The fourth-order valence-electron chi connectivity index (χ4n) is 5.29. The molecule has 1 aromatic heterocycles. The molecule has 1 unspecified atom stereocenters.